The third-order valence-electron chi connectivity index (χ3n) is 4.42. The SMILES string of the molecule is O=C(c1cc(-c2ccco2)[nH]n1)N1CCN(c2cc(C(F)(F)F)ncn2)CC1. The quantitative estimate of drug-likeness (QED) is 0.736. The summed E-state index contributed by atoms with van der Waals surface area (Å²) < 4.78 is 43.7. The number of H-pyrrole nitrogens is 1. The number of aromatic amines is 1. The van der Waals surface area contributed by atoms with Gasteiger partial charge < -0.3 is 14.2 Å². The van der Waals surface area contributed by atoms with E-state index in [1.165, 1.54) is 6.26 Å². The Balaban J connectivity index is 1.41. The van der Waals surface area contributed by atoms with Crippen molar-refractivity contribution in [1.82, 2.24) is 25.1 Å². The van der Waals surface area contributed by atoms with Crippen LogP contribution in [0.15, 0.2) is 41.3 Å². The van der Waals surface area contributed by atoms with Crippen molar-refractivity contribution in [3.8, 4) is 11.5 Å². The predicted molar refractivity (Wildman–Crippen MR) is 91.4 cm³/mol. The van der Waals surface area contributed by atoms with Crippen LogP contribution in [-0.2, 0) is 6.18 Å². The molecule has 0 aliphatic carbocycles. The van der Waals surface area contributed by atoms with Crippen LogP contribution in [0.2, 0.25) is 0 Å². The molecule has 0 bridgehead atoms. The van der Waals surface area contributed by atoms with Crippen molar-refractivity contribution in [2.45, 2.75) is 6.18 Å². The Kier molecular flexibility index (Phi) is 4.49. The van der Waals surface area contributed by atoms with Crippen LogP contribution in [0.1, 0.15) is 16.2 Å². The number of rotatable bonds is 3. The van der Waals surface area contributed by atoms with Crippen molar-refractivity contribution in [3.05, 3.63) is 48.2 Å². The predicted octanol–water partition coefficient (Wildman–Crippen LogP) is 2.44. The lowest BCUT2D eigenvalue weighted by molar-refractivity contribution is -0.141. The van der Waals surface area contributed by atoms with E-state index in [-0.39, 0.29) is 17.4 Å². The highest BCUT2D eigenvalue weighted by atomic mass is 19.4. The molecule has 28 heavy (non-hydrogen) atoms. The number of piperazine rings is 1. The first kappa shape index (κ1) is 18.0. The number of nitrogens with zero attached hydrogens (tertiary/aromatic N) is 5. The van der Waals surface area contributed by atoms with Crippen molar-refractivity contribution in [2.24, 2.45) is 0 Å². The maximum atomic E-state index is 12.8. The van der Waals surface area contributed by atoms with Gasteiger partial charge in [-0.2, -0.15) is 18.3 Å². The Labute approximate surface area is 157 Å². The van der Waals surface area contributed by atoms with E-state index in [1.54, 1.807) is 28.0 Å². The summed E-state index contributed by atoms with van der Waals surface area (Å²) >= 11 is 0. The lowest BCUT2D eigenvalue weighted by atomic mass is 10.2. The number of nitrogens with one attached hydrogen (secondary N) is 1. The molecular weight excluding hydrogens is 377 g/mol. The van der Waals surface area contributed by atoms with E-state index in [9.17, 15) is 18.0 Å². The standard InChI is InChI=1S/C17H15F3N6O2/c18-17(19,20)14-9-15(22-10-21-14)25-3-5-26(6-4-25)16(27)12-8-11(23-24-12)13-2-1-7-28-13/h1-2,7-10H,3-6H2,(H,23,24). The molecule has 0 aromatic carbocycles. The lowest BCUT2D eigenvalue weighted by Gasteiger charge is -2.35. The molecule has 3 aromatic rings. The molecule has 1 aliphatic rings. The summed E-state index contributed by atoms with van der Waals surface area (Å²) in [6.45, 7) is 1.39. The van der Waals surface area contributed by atoms with E-state index < -0.39 is 11.9 Å². The highest BCUT2D eigenvalue weighted by Crippen LogP contribution is 2.29. The van der Waals surface area contributed by atoms with Crippen molar-refractivity contribution < 1.29 is 22.4 Å². The Morgan fingerprint density at radius 2 is 1.93 bits per heavy atom. The number of hydrogen-bond donors (Lipinski definition) is 1. The van der Waals surface area contributed by atoms with E-state index >= 15 is 0 Å². The molecule has 1 N–H and O–H groups in total. The molecule has 11 heteroatoms. The largest absolute Gasteiger partial charge is 0.463 e. The Bertz CT molecular complexity index is 961. The fourth-order valence-corrected chi connectivity index (χ4v) is 2.96. The van der Waals surface area contributed by atoms with Gasteiger partial charge in [-0.3, -0.25) is 9.89 Å². The van der Waals surface area contributed by atoms with Gasteiger partial charge in [-0.25, -0.2) is 9.97 Å². The van der Waals surface area contributed by atoms with E-state index in [2.05, 4.69) is 20.2 Å². The van der Waals surface area contributed by atoms with Crippen LogP contribution in [0.4, 0.5) is 19.0 Å². The van der Waals surface area contributed by atoms with Gasteiger partial charge in [0.05, 0.1) is 6.26 Å². The summed E-state index contributed by atoms with van der Waals surface area (Å²) in [5.41, 5.74) is -0.146. The first-order valence-corrected chi connectivity index (χ1v) is 8.44. The number of halogens is 3. The zero-order valence-corrected chi connectivity index (χ0v) is 14.5. The Morgan fingerprint density at radius 3 is 2.61 bits per heavy atom. The van der Waals surface area contributed by atoms with Crippen LogP contribution >= 0.6 is 0 Å². The number of hydrogen-bond acceptors (Lipinski definition) is 6. The number of alkyl halides is 3. The number of furan rings is 1. The number of carbonyl (C=O) groups excluding carboxylic acids is 1. The maximum absolute atomic E-state index is 12.8. The fraction of sp³-hybridized carbons (Fsp3) is 0.294. The van der Waals surface area contributed by atoms with Gasteiger partial charge in [-0.15, -0.1) is 0 Å². The van der Waals surface area contributed by atoms with E-state index in [0.717, 1.165) is 12.4 Å². The fourth-order valence-electron chi connectivity index (χ4n) is 2.96. The van der Waals surface area contributed by atoms with Crippen LogP contribution in [-0.4, -0.2) is 57.2 Å². The van der Waals surface area contributed by atoms with Crippen molar-refractivity contribution in [1.29, 1.82) is 0 Å². The molecule has 0 atom stereocenters. The summed E-state index contributed by atoms with van der Waals surface area (Å²) in [5.74, 6) is 0.502. The number of anilines is 1. The molecule has 1 aliphatic heterocycles. The van der Waals surface area contributed by atoms with Gasteiger partial charge in [-0.05, 0) is 12.1 Å². The van der Waals surface area contributed by atoms with Crippen molar-refractivity contribution >= 4 is 11.7 Å². The second-order valence-corrected chi connectivity index (χ2v) is 6.18. The first-order chi connectivity index (χ1) is 13.4. The summed E-state index contributed by atoms with van der Waals surface area (Å²) in [4.78, 5) is 23.1. The molecule has 4 rings (SSSR count). The molecule has 3 aromatic heterocycles. The Hall–Kier alpha value is -3.37. The minimum Gasteiger partial charge on any atom is -0.463 e. The van der Waals surface area contributed by atoms with Crippen LogP contribution in [0, 0.1) is 0 Å². The molecule has 0 spiro atoms. The minimum atomic E-state index is -4.53. The number of amides is 1. The average Bonchev–Trinajstić information content (AvgIpc) is 3.39. The number of aromatic nitrogens is 4. The van der Waals surface area contributed by atoms with Crippen molar-refractivity contribution in [2.75, 3.05) is 31.1 Å². The zero-order valence-electron chi connectivity index (χ0n) is 14.5. The zero-order chi connectivity index (χ0) is 19.7. The van der Waals surface area contributed by atoms with Crippen LogP contribution in [0.25, 0.3) is 11.5 Å². The molecule has 4 heterocycles. The minimum absolute atomic E-state index is 0.189. The molecule has 1 amide bonds. The second kappa shape index (κ2) is 6.98. The summed E-state index contributed by atoms with van der Waals surface area (Å²) in [5, 5.41) is 6.79. The molecule has 1 fully saturated rings. The summed E-state index contributed by atoms with van der Waals surface area (Å²) in [7, 11) is 0. The van der Waals surface area contributed by atoms with Gasteiger partial charge in [0.15, 0.2) is 11.5 Å². The normalized spacial score (nSPS) is 15.1. The van der Waals surface area contributed by atoms with Gasteiger partial charge >= 0.3 is 6.18 Å². The van der Waals surface area contributed by atoms with Gasteiger partial charge in [-0.1, -0.05) is 0 Å². The van der Waals surface area contributed by atoms with Gasteiger partial charge in [0.1, 0.15) is 23.5 Å². The lowest BCUT2D eigenvalue weighted by Crippen LogP contribution is -2.49. The van der Waals surface area contributed by atoms with E-state index in [0.29, 0.717) is 37.6 Å². The maximum Gasteiger partial charge on any atom is 0.433 e. The molecule has 1 saturated heterocycles. The monoisotopic (exact) mass is 392 g/mol. The van der Waals surface area contributed by atoms with Gasteiger partial charge in [0, 0.05) is 38.3 Å². The Morgan fingerprint density at radius 1 is 1.14 bits per heavy atom. The molecule has 0 unspecified atom stereocenters. The second-order valence-electron chi connectivity index (χ2n) is 6.18. The van der Waals surface area contributed by atoms with Crippen LogP contribution < -0.4 is 4.90 Å². The van der Waals surface area contributed by atoms with Crippen LogP contribution in [0.5, 0.6) is 0 Å². The van der Waals surface area contributed by atoms with Gasteiger partial charge in [0.25, 0.3) is 5.91 Å². The smallest absolute Gasteiger partial charge is 0.433 e. The molecule has 0 radical (unpaired) electrons. The average molecular weight is 392 g/mol. The van der Waals surface area contributed by atoms with Crippen molar-refractivity contribution in [3.63, 3.8) is 0 Å². The van der Waals surface area contributed by atoms with E-state index in [4.69, 9.17) is 4.42 Å². The highest BCUT2D eigenvalue weighted by Gasteiger charge is 2.33. The molecular formula is C17H15F3N6O2. The van der Waals surface area contributed by atoms with Crippen LogP contribution in [0.3, 0.4) is 0 Å². The summed E-state index contributed by atoms with van der Waals surface area (Å²) in [6, 6.07) is 6.00. The molecule has 146 valence electrons. The highest BCUT2D eigenvalue weighted by molar-refractivity contribution is 5.93. The summed E-state index contributed by atoms with van der Waals surface area (Å²) in [6.07, 6.45) is -2.11. The number of carbonyl (C=O) groups is 1. The first-order valence-electron chi connectivity index (χ1n) is 8.44. The third kappa shape index (κ3) is 3.55. The topological polar surface area (TPSA) is 91.2 Å². The molecule has 8 nitrogen and oxygen atoms in total. The third-order valence-corrected chi connectivity index (χ3v) is 4.42. The molecule has 0 saturated carbocycles. The van der Waals surface area contributed by atoms with E-state index in [1.807, 2.05) is 0 Å². The van der Waals surface area contributed by atoms with Gasteiger partial charge in [0.2, 0.25) is 0 Å².